The molecule has 1 rings (SSSR count). The van der Waals surface area contributed by atoms with Gasteiger partial charge in [-0.2, -0.15) is 0 Å². The molecule has 0 aliphatic heterocycles. The summed E-state index contributed by atoms with van der Waals surface area (Å²) in [5, 5.41) is 4.06. The van der Waals surface area contributed by atoms with Gasteiger partial charge in [0.2, 0.25) is 0 Å². The molecule has 104 valence electrons. The summed E-state index contributed by atoms with van der Waals surface area (Å²) < 4.78 is 0. The molecule has 1 aromatic rings. The summed E-state index contributed by atoms with van der Waals surface area (Å²) in [6.07, 6.45) is 3.90. The lowest BCUT2D eigenvalue weighted by Crippen LogP contribution is -2.47. The first kappa shape index (κ1) is 16.3. The van der Waals surface area contributed by atoms with Crippen molar-refractivity contribution in [3.8, 4) is 11.3 Å². The molecule has 0 amide bonds. The van der Waals surface area contributed by atoms with Crippen LogP contribution in [-0.2, 0) is 0 Å². The maximum Gasteiger partial charge on any atom is 0.0866 e. The van der Waals surface area contributed by atoms with Crippen molar-refractivity contribution < 1.29 is 0 Å². The summed E-state index contributed by atoms with van der Waals surface area (Å²) in [7, 11) is -1.30. The van der Waals surface area contributed by atoms with Crippen LogP contribution in [0.2, 0.25) is 18.1 Å². The van der Waals surface area contributed by atoms with Crippen LogP contribution in [0.15, 0.2) is 24.3 Å². The predicted octanol–water partition coefficient (Wildman–Crippen LogP) is 5.12. The first-order chi connectivity index (χ1) is 9.22. The zero-order chi connectivity index (χ0) is 14.1. The fraction of sp³-hybridized carbons (Fsp3) is 0.529. The Balaban J connectivity index is 3.09. The van der Waals surface area contributed by atoms with E-state index >= 15 is 0 Å². The van der Waals surface area contributed by atoms with Gasteiger partial charge in [0.25, 0.3) is 0 Å². The Morgan fingerprint density at radius 3 is 1.74 bits per heavy atom. The zero-order valence-electron chi connectivity index (χ0n) is 12.4. The number of rotatable bonds is 7. The first-order valence-electron chi connectivity index (χ1n) is 7.44. The molecule has 0 bridgehead atoms. The van der Waals surface area contributed by atoms with E-state index in [4.69, 9.17) is 11.6 Å². The van der Waals surface area contributed by atoms with Gasteiger partial charge >= 0.3 is 0 Å². The summed E-state index contributed by atoms with van der Waals surface area (Å²) in [5.74, 6) is 2.91. The van der Waals surface area contributed by atoms with E-state index < -0.39 is 8.07 Å². The van der Waals surface area contributed by atoms with Gasteiger partial charge in [-0.05, 0) is 29.7 Å². The summed E-state index contributed by atoms with van der Waals surface area (Å²) >= 11 is 5.46. The highest BCUT2D eigenvalue weighted by Gasteiger charge is 2.31. The van der Waals surface area contributed by atoms with Gasteiger partial charge in [0.05, 0.1) is 8.07 Å². The maximum atomic E-state index is 5.46. The van der Waals surface area contributed by atoms with Crippen molar-refractivity contribution in [1.29, 1.82) is 0 Å². The molecule has 0 aliphatic rings. The molecular weight excluding hydrogens is 268 g/mol. The van der Waals surface area contributed by atoms with E-state index in [1.54, 1.807) is 5.19 Å². The summed E-state index contributed by atoms with van der Waals surface area (Å²) in [6.45, 7) is 6.96. The van der Waals surface area contributed by atoms with Crippen LogP contribution in [0.5, 0.6) is 0 Å². The molecule has 0 fully saturated rings. The quantitative estimate of drug-likeness (QED) is 0.483. The Morgan fingerprint density at radius 2 is 1.37 bits per heavy atom. The minimum atomic E-state index is -1.30. The molecule has 19 heavy (non-hydrogen) atoms. The molecule has 0 nitrogen and oxygen atoms in total. The average Bonchev–Trinajstić information content (AvgIpc) is 2.41. The van der Waals surface area contributed by atoms with Crippen molar-refractivity contribution in [2.75, 3.05) is 0 Å². The van der Waals surface area contributed by atoms with Gasteiger partial charge < -0.3 is 0 Å². The Bertz CT molecular complexity index is 408. The highest BCUT2D eigenvalue weighted by atomic mass is 35.5. The standard InChI is InChI=1S/C17H25ClSi/c1-4-13-19(14-5-2,15-6-3)17-9-7-16(8-10-17)11-12-18/h7-10H,4-6,13-15H2,1-3H3. The molecule has 0 N–H and O–H groups in total. The normalized spacial score (nSPS) is 10.9. The molecular formula is C17H25ClSi. The third-order valence-corrected chi connectivity index (χ3v) is 9.90. The van der Waals surface area contributed by atoms with Gasteiger partial charge in [-0.1, -0.05) is 75.5 Å². The SMILES string of the molecule is CCC[Si](CCC)(CCC)c1ccc(C#CCl)cc1. The Hall–Kier alpha value is -0.713. The van der Waals surface area contributed by atoms with Crippen molar-refractivity contribution in [3.63, 3.8) is 0 Å². The van der Waals surface area contributed by atoms with E-state index in [0.717, 1.165) is 5.56 Å². The third-order valence-electron chi connectivity index (χ3n) is 3.87. The number of hydrogen-bond acceptors (Lipinski definition) is 0. The second-order valence-corrected chi connectivity index (χ2v) is 10.2. The molecule has 2 heteroatoms. The molecule has 0 spiro atoms. The molecule has 1 aromatic carbocycles. The molecule has 0 saturated heterocycles. The van der Waals surface area contributed by atoms with Crippen molar-refractivity contribution >= 4 is 24.9 Å². The van der Waals surface area contributed by atoms with Crippen LogP contribution < -0.4 is 5.19 Å². The minimum Gasteiger partial charge on any atom is -0.0656 e. The van der Waals surface area contributed by atoms with Gasteiger partial charge in [0.15, 0.2) is 0 Å². The highest BCUT2D eigenvalue weighted by Crippen LogP contribution is 2.26. The molecule has 0 atom stereocenters. The average molecular weight is 293 g/mol. The Kier molecular flexibility index (Phi) is 7.27. The minimum absolute atomic E-state index is 1.02. The summed E-state index contributed by atoms with van der Waals surface area (Å²) in [4.78, 5) is 0. The van der Waals surface area contributed by atoms with E-state index in [9.17, 15) is 0 Å². The van der Waals surface area contributed by atoms with Gasteiger partial charge in [0, 0.05) is 10.9 Å². The third kappa shape index (κ3) is 4.40. The van der Waals surface area contributed by atoms with Crippen LogP contribution in [0.25, 0.3) is 0 Å². The monoisotopic (exact) mass is 292 g/mol. The highest BCUT2D eigenvalue weighted by molar-refractivity contribution is 6.91. The van der Waals surface area contributed by atoms with Crippen LogP contribution in [0.1, 0.15) is 45.6 Å². The van der Waals surface area contributed by atoms with Crippen LogP contribution in [0, 0.1) is 11.3 Å². The lowest BCUT2D eigenvalue weighted by molar-refractivity contribution is 0.937. The molecule has 0 unspecified atom stereocenters. The van der Waals surface area contributed by atoms with E-state index in [1.807, 2.05) is 0 Å². The summed E-state index contributed by atoms with van der Waals surface area (Å²) in [5.41, 5.74) is 1.02. The summed E-state index contributed by atoms with van der Waals surface area (Å²) in [6, 6.07) is 13.1. The fourth-order valence-corrected chi connectivity index (χ4v) is 8.68. The number of hydrogen-bond donors (Lipinski definition) is 0. The van der Waals surface area contributed by atoms with Crippen molar-refractivity contribution in [2.24, 2.45) is 0 Å². The van der Waals surface area contributed by atoms with Crippen LogP contribution in [-0.4, -0.2) is 8.07 Å². The van der Waals surface area contributed by atoms with Crippen LogP contribution >= 0.6 is 11.6 Å². The van der Waals surface area contributed by atoms with Gasteiger partial charge in [-0.3, -0.25) is 0 Å². The predicted molar refractivity (Wildman–Crippen MR) is 89.9 cm³/mol. The second kappa shape index (κ2) is 8.46. The lowest BCUT2D eigenvalue weighted by atomic mass is 10.2. The lowest BCUT2D eigenvalue weighted by Gasteiger charge is -2.32. The zero-order valence-corrected chi connectivity index (χ0v) is 14.2. The topological polar surface area (TPSA) is 0 Å². The molecule has 0 heterocycles. The Labute approximate surface area is 124 Å². The van der Waals surface area contributed by atoms with Crippen molar-refractivity contribution in [1.82, 2.24) is 0 Å². The van der Waals surface area contributed by atoms with Gasteiger partial charge in [0.1, 0.15) is 0 Å². The van der Waals surface area contributed by atoms with Crippen LogP contribution in [0.4, 0.5) is 0 Å². The van der Waals surface area contributed by atoms with E-state index in [-0.39, 0.29) is 0 Å². The largest absolute Gasteiger partial charge is 0.0866 e. The van der Waals surface area contributed by atoms with Gasteiger partial charge in [-0.15, -0.1) is 0 Å². The molecule has 0 saturated carbocycles. The van der Waals surface area contributed by atoms with E-state index in [2.05, 4.69) is 56.3 Å². The second-order valence-electron chi connectivity index (χ2n) is 5.33. The number of benzene rings is 1. The van der Waals surface area contributed by atoms with Crippen molar-refractivity contribution in [3.05, 3.63) is 29.8 Å². The van der Waals surface area contributed by atoms with Crippen molar-refractivity contribution in [2.45, 2.75) is 58.2 Å². The maximum absolute atomic E-state index is 5.46. The first-order valence-corrected chi connectivity index (χ1v) is 10.4. The van der Waals surface area contributed by atoms with E-state index in [0.29, 0.717) is 0 Å². The Morgan fingerprint density at radius 1 is 0.895 bits per heavy atom. The molecule has 0 radical (unpaired) electrons. The molecule has 0 aliphatic carbocycles. The smallest absolute Gasteiger partial charge is 0.0656 e. The van der Waals surface area contributed by atoms with Crippen LogP contribution in [0.3, 0.4) is 0 Å². The fourth-order valence-electron chi connectivity index (χ4n) is 3.21. The van der Waals surface area contributed by atoms with Gasteiger partial charge in [-0.25, -0.2) is 0 Å². The van der Waals surface area contributed by atoms with E-state index in [1.165, 1.54) is 37.4 Å². The number of halogens is 1. The molecule has 0 aromatic heterocycles.